The second-order valence-corrected chi connectivity index (χ2v) is 8.86. The molecule has 0 spiro atoms. The van der Waals surface area contributed by atoms with Gasteiger partial charge in [-0.3, -0.25) is 9.36 Å². The molecule has 13 heteroatoms. The molecule has 9 nitrogen and oxygen atoms in total. The van der Waals surface area contributed by atoms with Crippen LogP contribution in [0.3, 0.4) is 0 Å². The van der Waals surface area contributed by atoms with Crippen LogP contribution in [0.5, 0.6) is 0 Å². The first-order valence-electron chi connectivity index (χ1n) is 11.9. The van der Waals surface area contributed by atoms with E-state index in [1.807, 2.05) is 0 Å². The fraction of sp³-hybridized carbons (Fsp3) is 0.231. The first-order chi connectivity index (χ1) is 18.6. The summed E-state index contributed by atoms with van der Waals surface area (Å²) in [5.41, 5.74) is -0.179. The fourth-order valence-corrected chi connectivity index (χ4v) is 4.23. The third-order valence-electron chi connectivity index (χ3n) is 6.21. The maximum absolute atomic E-state index is 13.7. The molecule has 0 bridgehead atoms. The van der Waals surface area contributed by atoms with E-state index in [0.29, 0.717) is 72.6 Å². The summed E-state index contributed by atoms with van der Waals surface area (Å²) in [6, 6.07) is 7.40. The van der Waals surface area contributed by atoms with E-state index in [9.17, 15) is 27.2 Å². The molecule has 4 aromatic rings. The van der Waals surface area contributed by atoms with Crippen LogP contribution in [0.2, 0.25) is 0 Å². The first-order valence-corrected chi connectivity index (χ1v) is 11.9. The second-order valence-electron chi connectivity index (χ2n) is 8.86. The summed E-state index contributed by atoms with van der Waals surface area (Å²) in [4.78, 5) is 36.5. The van der Waals surface area contributed by atoms with E-state index in [2.05, 4.69) is 25.5 Å². The number of hydrogen-bond acceptors (Lipinski definition) is 6. The second kappa shape index (κ2) is 10.3. The van der Waals surface area contributed by atoms with Gasteiger partial charge in [0.25, 0.3) is 5.91 Å². The Morgan fingerprint density at radius 1 is 1.00 bits per heavy atom. The van der Waals surface area contributed by atoms with Crippen molar-refractivity contribution in [2.45, 2.75) is 13.1 Å². The number of alkyl halides is 3. The highest BCUT2D eigenvalue weighted by Gasteiger charge is 2.32. The number of nitrogens with zero attached hydrogens (tertiary/aromatic N) is 4. The van der Waals surface area contributed by atoms with E-state index in [0.717, 1.165) is 0 Å². The van der Waals surface area contributed by atoms with Crippen molar-refractivity contribution in [2.75, 3.05) is 41.8 Å². The van der Waals surface area contributed by atoms with Crippen LogP contribution in [-0.2, 0) is 10.9 Å². The van der Waals surface area contributed by atoms with Gasteiger partial charge in [-0.2, -0.15) is 13.2 Å². The minimum atomic E-state index is -4.81. The largest absolute Gasteiger partial charge is 0.416 e. The summed E-state index contributed by atoms with van der Waals surface area (Å²) in [5, 5.41) is 5.91. The number of hydrogen-bond donors (Lipinski definition) is 2. The number of carbonyl (C=O) groups is 2. The molecule has 1 fully saturated rings. The highest BCUT2D eigenvalue weighted by atomic mass is 19.4. The average molecular weight is 542 g/mol. The molecule has 2 amide bonds. The highest BCUT2D eigenvalue weighted by Crippen LogP contribution is 2.31. The van der Waals surface area contributed by atoms with Crippen molar-refractivity contribution in [3.63, 3.8) is 0 Å². The number of nitrogens with one attached hydrogen (secondary N) is 2. The van der Waals surface area contributed by atoms with Crippen LogP contribution >= 0.6 is 0 Å². The summed E-state index contributed by atoms with van der Waals surface area (Å²) >= 11 is 0. The maximum atomic E-state index is 13.7. The lowest BCUT2D eigenvalue weighted by Crippen LogP contribution is -2.36. The molecule has 39 heavy (non-hydrogen) atoms. The first kappa shape index (κ1) is 26.1. The number of aryl methyl sites for hydroxylation is 1. The summed E-state index contributed by atoms with van der Waals surface area (Å²) < 4.78 is 59.6. The van der Waals surface area contributed by atoms with Gasteiger partial charge < -0.3 is 20.3 Å². The topological polar surface area (TPSA) is 101 Å². The molecule has 202 valence electrons. The molecule has 0 aliphatic carbocycles. The van der Waals surface area contributed by atoms with Crippen LogP contribution in [0.25, 0.3) is 11.0 Å². The van der Waals surface area contributed by atoms with Crippen molar-refractivity contribution >= 4 is 40.2 Å². The van der Waals surface area contributed by atoms with Crippen molar-refractivity contribution in [2.24, 2.45) is 0 Å². The highest BCUT2D eigenvalue weighted by molar-refractivity contribution is 6.05. The Bertz CT molecular complexity index is 1560. The third kappa shape index (κ3) is 5.53. The van der Waals surface area contributed by atoms with Crippen LogP contribution < -0.4 is 15.5 Å². The van der Waals surface area contributed by atoms with E-state index in [1.54, 1.807) is 25.3 Å². The zero-order chi connectivity index (χ0) is 27.7. The number of aromatic nitrogens is 3. The zero-order valence-corrected chi connectivity index (χ0v) is 20.6. The summed E-state index contributed by atoms with van der Waals surface area (Å²) in [6.45, 7) is 4.20. The van der Waals surface area contributed by atoms with Crippen LogP contribution in [0, 0.1) is 12.7 Å². The van der Waals surface area contributed by atoms with Crippen molar-refractivity contribution < 1.29 is 31.9 Å². The number of rotatable bonds is 4. The van der Waals surface area contributed by atoms with Crippen molar-refractivity contribution in [3.8, 4) is 0 Å². The zero-order valence-electron chi connectivity index (χ0n) is 20.6. The molecule has 2 aromatic carbocycles. The number of benzene rings is 2. The molecule has 1 aliphatic heterocycles. The van der Waals surface area contributed by atoms with E-state index in [4.69, 9.17) is 4.74 Å². The molecule has 1 aliphatic rings. The average Bonchev–Trinajstić information content (AvgIpc) is 3.35. The van der Waals surface area contributed by atoms with Crippen molar-refractivity contribution in [3.05, 3.63) is 77.5 Å². The molecule has 0 unspecified atom stereocenters. The lowest BCUT2D eigenvalue weighted by molar-refractivity contribution is -0.137. The van der Waals surface area contributed by atoms with Gasteiger partial charge in [0.15, 0.2) is 5.65 Å². The monoisotopic (exact) mass is 542 g/mol. The quantitative estimate of drug-likeness (QED) is 0.350. The molecule has 1 saturated heterocycles. The minimum absolute atomic E-state index is 0.188. The van der Waals surface area contributed by atoms with Gasteiger partial charge in [0, 0.05) is 36.2 Å². The van der Waals surface area contributed by atoms with Gasteiger partial charge in [-0.25, -0.2) is 19.2 Å². The van der Waals surface area contributed by atoms with E-state index < -0.39 is 35.1 Å². The Balaban J connectivity index is 1.36. The number of ether oxygens (including phenoxy) is 1. The van der Waals surface area contributed by atoms with Gasteiger partial charge in [0.2, 0.25) is 0 Å². The van der Waals surface area contributed by atoms with E-state index in [1.165, 1.54) is 23.0 Å². The number of carbonyl (C=O) groups excluding carboxylic acids is 2. The van der Waals surface area contributed by atoms with Gasteiger partial charge in [0.05, 0.1) is 24.2 Å². The molecule has 0 atom stereocenters. The number of amides is 2. The van der Waals surface area contributed by atoms with Crippen LogP contribution in [0.1, 0.15) is 21.5 Å². The van der Waals surface area contributed by atoms with Crippen molar-refractivity contribution in [1.82, 2.24) is 14.5 Å². The Hall–Kier alpha value is -4.52. The number of halogens is 4. The molecule has 2 N–H and O–H groups in total. The third-order valence-corrected chi connectivity index (χ3v) is 6.21. The predicted octanol–water partition coefficient (Wildman–Crippen LogP) is 5.07. The van der Waals surface area contributed by atoms with Gasteiger partial charge in [-0.1, -0.05) is 6.07 Å². The van der Waals surface area contributed by atoms with Gasteiger partial charge in [0.1, 0.15) is 18.0 Å². The normalized spacial score (nSPS) is 13.9. The van der Waals surface area contributed by atoms with Gasteiger partial charge in [-0.15, -0.1) is 0 Å². The summed E-state index contributed by atoms with van der Waals surface area (Å²) in [5.74, 6) is -1.43. The van der Waals surface area contributed by atoms with Crippen molar-refractivity contribution in [1.29, 1.82) is 0 Å². The van der Waals surface area contributed by atoms with E-state index in [-0.39, 0.29) is 5.69 Å². The smallest absolute Gasteiger partial charge is 0.378 e. The SMILES string of the molecule is Cc1ccc(NC(=O)c2cc(F)cc(C(F)(F)F)c2)cc1NC(=O)n1ccc2c(N3CCOCC3)ncnc21. The Kier molecular flexibility index (Phi) is 6.91. The molecular formula is C26H22F4N6O3. The van der Waals surface area contributed by atoms with Crippen LogP contribution in [-0.4, -0.2) is 52.8 Å². The standard InChI is InChI=1S/C26H22F4N6O3/c1-15-2-3-19(33-24(37)16-10-17(26(28,29)30)12-18(27)11-16)13-21(15)34-25(38)36-5-4-20-22(31-14-32-23(20)36)35-6-8-39-9-7-35/h2-5,10-14H,6-9H2,1H3,(H,33,37)(H,34,38). The lowest BCUT2D eigenvalue weighted by Gasteiger charge is -2.28. The lowest BCUT2D eigenvalue weighted by atomic mass is 10.1. The Morgan fingerprint density at radius 3 is 2.51 bits per heavy atom. The maximum Gasteiger partial charge on any atom is 0.416 e. The van der Waals surface area contributed by atoms with Crippen LogP contribution in [0.4, 0.5) is 39.5 Å². The molecule has 2 aromatic heterocycles. The fourth-order valence-electron chi connectivity index (χ4n) is 4.23. The van der Waals surface area contributed by atoms with E-state index >= 15 is 0 Å². The predicted molar refractivity (Wildman–Crippen MR) is 136 cm³/mol. The Morgan fingerprint density at radius 2 is 1.77 bits per heavy atom. The molecule has 3 heterocycles. The summed E-state index contributed by atoms with van der Waals surface area (Å²) in [7, 11) is 0. The van der Waals surface area contributed by atoms with Crippen LogP contribution in [0.15, 0.2) is 55.0 Å². The number of anilines is 3. The minimum Gasteiger partial charge on any atom is -0.378 e. The molecule has 5 rings (SSSR count). The molecule has 0 radical (unpaired) electrons. The number of morpholine rings is 1. The number of fused-ring (bicyclic) bond motifs is 1. The summed E-state index contributed by atoms with van der Waals surface area (Å²) in [6.07, 6.45) is -1.86. The molecule has 0 saturated carbocycles. The molecular weight excluding hydrogens is 520 g/mol. The van der Waals surface area contributed by atoms with Gasteiger partial charge >= 0.3 is 12.2 Å². The Labute approximate surface area is 219 Å². The van der Waals surface area contributed by atoms with Gasteiger partial charge in [-0.05, 0) is 48.9 Å².